The van der Waals surface area contributed by atoms with Crippen molar-refractivity contribution in [3.05, 3.63) is 123 Å². The highest BCUT2D eigenvalue weighted by atomic mass is 35.5. The van der Waals surface area contributed by atoms with Crippen LogP contribution in [0.5, 0.6) is 0 Å². The predicted molar refractivity (Wildman–Crippen MR) is 154 cm³/mol. The summed E-state index contributed by atoms with van der Waals surface area (Å²) in [6.07, 6.45) is 2.62. The number of carboxylic acids is 1. The summed E-state index contributed by atoms with van der Waals surface area (Å²) in [7, 11) is 1.90. The third kappa shape index (κ3) is 8.02. The lowest BCUT2D eigenvalue weighted by Gasteiger charge is -2.23. The summed E-state index contributed by atoms with van der Waals surface area (Å²) < 4.78 is 0. The van der Waals surface area contributed by atoms with Gasteiger partial charge < -0.3 is 14.9 Å². The number of carboxylic acid groups (broad SMARTS) is 1. The van der Waals surface area contributed by atoms with Crippen LogP contribution in [-0.2, 0) is 24.2 Å². The van der Waals surface area contributed by atoms with Crippen molar-refractivity contribution in [2.24, 2.45) is 0 Å². The normalized spacial score (nSPS) is 10.7. The first-order chi connectivity index (χ1) is 18.8. The van der Waals surface area contributed by atoms with E-state index < -0.39 is 18.4 Å². The maximum Gasteiger partial charge on any atom is 0.323 e. The molecule has 0 saturated heterocycles. The van der Waals surface area contributed by atoms with Crippen LogP contribution in [-0.4, -0.2) is 52.0 Å². The van der Waals surface area contributed by atoms with Crippen LogP contribution in [0.2, 0.25) is 10.0 Å². The molecule has 0 radical (unpaired) electrons. The Bertz CT molecular complexity index is 1430. The lowest BCUT2D eigenvalue weighted by molar-refractivity contribution is -0.137. The van der Waals surface area contributed by atoms with E-state index in [9.17, 15) is 14.7 Å². The number of anilines is 1. The van der Waals surface area contributed by atoms with Crippen molar-refractivity contribution in [3.63, 3.8) is 0 Å². The average molecular weight is 563 g/mol. The van der Waals surface area contributed by atoms with E-state index in [0.29, 0.717) is 34.7 Å². The molecule has 0 aliphatic heterocycles. The topological polar surface area (TPSA) is 86.6 Å². The summed E-state index contributed by atoms with van der Waals surface area (Å²) >= 11 is 12.2. The van der Waals surface area contributed by atoms with Gasteiger partial charge in [0.15, 0.2) is 0 Å². The zero-order valence-corrected chi connectivity index (χ0v) is 22.9. The number of hydrogen-bond acceptors (Lipinski definition) is 5. The Kier molecular flexibility index (Phi) is 9.52. The Morgan fingerprint density at radius 1 is 0.872 bits per heavy atom. The summed E-state index contributed by atoms with van der Waals surface area (Å²) in [4.78, 5) is 37.9. The van der Waals surface area contributed by atoms with E-state index in [1.807, 2.05) is 48.3 Å². The fraction of sp³-hybridized carbons (Fsp3) is 0.200. The van der Waals surface area contributed by atoms with Gasteiger partial charge in [0.25, 0.3) is 5.91 Å². The van der Waals surface area contributed by atoms with E-state index >= 15 is 0 Å². The van der Waals surface area contributed by atoms with Gasteiger partial charge in [0.1, 0.15) is 6.54 Å². The van der Waals surface area contributed by atoms with Crippen molar-refractivity contribution >= 4 is 41.0 Å². The molecular formula is C30H28Cl2N4O3. The van der Waals surface area contributed by atoms with Gasteiger partial charge in [-0.15, -0.1) is 0 Å². The highest BCUT2D eigenvalue weighted by molar-refractivity contribution is 6.30. The monoisotopic (exact) mass is 562 g/mol. The van der Waals surface area contributed by atoms with E-state index in [1.165, 1.54) is 16.7 Å². The maximum absolute atomic E-state index is 13.7. The third-order valence-electron chi connectivity index (χ3n) is 6.17. The number of aromatic nitrogens is 2. The molecular weight excluding hydrogens is 535 g/mol. The van der Waals surface area contributed by atoms with Crippen LogP contribution in [0.4, 0.5) is 5.95 Å². The van der Waals surface area contributed by atoms with Crippen LogP contribution in [0, 0.1) is 0 Å². The Hall–Kier alpha value is -3.94. The van der Waals surface area contributed by atoms with Crippen LogP contribution in [0.1, 0.15) is 32.7 Å². The number of benzene rings is 3. The second kappa shape index (κ2) is 13.2. The number of amides is 1. The first kappa shape index (κ1) is 28.1. The quantitative estimate of drug-likeness (QED) is 0.249. The molecule has 1 aromatic heterocycles. The molecule has 1 N–H and O–H groups in total. The van der Waals surface area contributed by atoms with Crippen LogP contribution in [0.25, 0.3) is 0 Å². The molecule has 7 nitrogen and oxygen atoms in total. The first-order valence-corrected chi connectivity index (χ1v) is 13.1. The highest BCUT2D eigenvalue weighted by Gasteiger charge is 2.24. The van der Waals surface area contributed by atoms with Gasteiger partial charge in [0.05, 0.1) is 11.3 Å². The molecule has 1 heterocycles. The molecule has 1 amide bonds. The zero-order chi connectivity index (χ0) is 27.8. The van der Waals surface area contributed by atoms with Crippen LogP contribution >= 0.6 is 23.2 Å². The van der Waals surface area contributed by atoms with Gasteiger partial charge in [-0.2, -0.15) is 0 Å². The smallest absolute Gasteiger partial charge is 0.323 e. The molecule has 4 rings (SSSR count). The van der Waals surface area contributed by atoms with Crippen molar-refractivity contribution in [1.82, 2.24) is 14.9 Å². The van der Waals surface area contributed by atoms with Gasteiger partial charge in [-0.25, -0.2) is 9.97 Å². The predicted octanol–water partition coefficient (Wildman–Crippen LogP) is 5.78. The van der Waals surface area contributed by atoms with E-state index in [2.05, 4.69) is 17.1 Å². The van der Waals surface area contributed by atoms with Crippen LogP contribution in [0.15, 0.2) is 85.1 Å². The molecule has 200 valence electrons. The Morgan fingerprint density at radius 3 is 2.28 bits per heavy atom. The molecule has 0 aliphatic rings. The SMILES string of the molecule is CN(CCc1ccccc1)c1ncc(C(=O)N(CC(=O)O)Cc2ccc(Cl)cc2)c(Cc2cccc(Cl)c2)n1. The van der Waals surface area contributed by atoms with Gasteiger partial charge in [0, 0.05) is 42.8 Å². The molecule has 0 atom stereocenters. The Balaban J connectivity index is 1.65. The van der Waals surface area contributed by atoms with Crippen LogP contribution < -0.4 is 4.90 Å². The summed E-state index contributed by atoms with van der Waals surface area (Å²) in [6, 6.07) is 24.4. The van der Waals surface area contributed by atoms with Crippen molar-refractivity contribution in [3.8, 4) is 0 Å². The van der Waals surface area contributed by atoms with Crippen molar-refractivity contribution in [2.45, 2.75) is 19.4 Å². The minimum absolute atomic E-state index is 0.0949. The van der Waals surface area contributed by atoms with Gasteiger partial charge in [-0.3, -0.25) is 9.59 Å². The Morgan fingerprint density at radius 2 is 1.59 bits per heavy atom. The number of carbonyl (C=O) groups excluding carboxylic acids is 1. The van der Waals surface area contributed by atoms with Gasteiger partial charge in [-0.05, 0) is 47.4 Å². The van der Waals surface area contributed by atoms with Crippen molar-refractivity contribution < 1.29 is 14.7 Å². The second-order valence-electron chi connectivity index (χ2n) is 9.18. The summed E-state index contributed by atoms with van der Waals surface area (Å²) in [5.74, 6) is -1.11. The van der Waals surface area contributed by atoms with Crippen LogP contribution in [0.3, 0.4) is 0 Å². The maximum atomic E-state index is 13.7. The minimum atomic E-state index is -1.12. The number of rotatable bonds is 11. The molecule has 3 aromatic carbocycles. The number of nitrogens with zero attached hydrogens (tertiary/aromatic N) is 4. The zero-order valence-electron chi connectivity index (χ0n) is 21.4. The summed E-state index contributed by atoms with van der Waals surface area (Å²) in [5.41, 5.74) is 3.55. The summed E-state index contributed by atoms with van der Waals surface area (Å²) in [6.45, 7) is 0.296. The number of aliphatic carboxylic acids is 1. The van der Waals surface area contributed by atoms with Gasteiger partial charge >= 0.3 is 5.97 Å². The van der Waals surface area contributed by atoms with Gasteiger partial charge in [0.2, 0.25) is 5.95 Å². The number of hydrogen-bond donors (Lipinski definition) is 1. The van der Waals surface area contributed by atoms with Gasteiger partial charge in [-0.1, -0.05) is 77.8 Å². The van der Waals surface area contributed by atoms with E-state index in [4.69, 9.17) is 28.2 Å². The number of carbonyl (C=O) groups is 2. The third-order valence-corrected chi connectivity index (χ3v) is 6.65. The van der Waals surface area contributed by atoms with E-state index in [1.54, 1.807) is 30.3 Å². The number of halogens is 2. The van der Waals surface area contributed by atoms with Crippen molar-refractivity contribution in [2.75, 3.05) is 25.0 Å². The van der Waals surface area contributed by atoms with E-state index in [0.717, 1.165) is 17.5 Å². The molecule has 0 aliphatic carbocycles. The molecule has 0 unspecified atom stereocenters. The van der Waals surface area contributed by atoms with E-state index in [-0.39, 0.29) is 12.1 Å². The van der Waals surface area contributed by atoms with Crippen molar-refractivity contribution in [1.29, 1.82) is 0 Å². The molecule has 4 aromatic rings. The second-order valence-corrected chi connectivity index (χ2v) is 10.0. The molecule has 9 heteroatoms. The fourth-order valence-corrected chi connectivity index (χ4v) is 4.47. The first-order valence-electron chi connectivity index (χ1n) is 12.4. The largest absolute Gasteiger partial charge is 0.480 e. The Labute approximate surface area is 237 Å². The molecule has 0 saturated carbocycles. The lowest BCUT2D eigenvalue weighted by atomic mass is 10.0. The fourth-order valence-electron chi connectivity index (χ4n) is 4.13. The lowest BCUT2D eigenvalue weighted by Crippen LogP contribution is -2.36. The molecule has 0 spiro atoms. The minimum Gasteiger partial charge on any atom is -0.480 e. The summed E-state index contributed by atoms with van der Waals surface area (Å²) in [5, 5.41) is 10.7. The average Bonchev–Trinajstić information content (AvgIpc) is 2.92. The molecule has 0 fully saturated rings. The highest BCUT2D eigenvalue weighted by Crippen LogP contribution is 2.21. The molecule has 0 bridgehead atoms. The standard InChI is InChI=1S/C30H28Cl2N4O3/c1-35(15-14-21-6-3-2-4-7-21)30-33-18-26(27(34-30)17-23-8-5-9-25(32)16-23)29(39)36(20-28(37)38)19-22-10-12-24(31)13-11-22/h2-13,16,18H,14-15,17,19-20H2,1H3,(H,37,38). The number of likely N-dealkylation sites (N-methyl/N-ethyl adjacent to an activating group) is 1. The molecule has 39 heavy (non-hydrogen) atoms.